The molecule has 0 fully saturated rings. The van der Waals surface area contributed by atoms with E-state index < -0.39 is 16.0 Å². The van der Waals surface area contributed by atoms with Crippen LogP contribution in [0.5, 0.6) is 0 Å². The third-order valence-corrected chi connectivity index (χ3v) is 6.21. The van der Waals surface area contributed by atoms with Crippen molar-refractivity contribution in [1.29, 1.82) is 0 Å². The maximum absolute atomic E-state index is 12.1. The Morgan fingerprint density at radius 2 is 1.96 bits per heavy atom. The summed E-state index contributed by atoms with van der Waals surface area (Å²) < 4.78 is 35.4. The summed E-state index contributed by atoms with van der Waals surface area (Å²) in [7, 11) is -0.854. The minimum atomic E-state index is -3.67. The summed E-state index contributed by atoms with van der Waals surface area (Å²) in [5, 5.41) is 5.15. The fourth-order valence-electron chi connectivity index (χ4n) is 2.19. The Balaban J connectivity index is 1.54. The number of hydrogen-bond acceptors (Lipinski definition) is 8. The molecular formula is C18H19N3O5S2. The largest absolute Gasteiger partial charge is 0.453 e. The minimum absolute atomic E-state index is 0.174. The van der Waals surface area contributed by atoms with E-state index in [1.165, 1.54) is 37.6 Å². The Bertz CT molecular complexity index is 1040. The summed E-state index contributed by atoms with van der Waals surface area (Å²) in [6.07, 6.45) is 0. The van der Waals surface area contributed by atoms with E-state index in [-0.39, 0.29) is 23.2 Å². The highest BCUT2D eigenvalue weighted by molar-refractivity contribution is 7.88. The fourth-order valence-corrected chi connectivity index (χ4v) is 3.68. The molecule has 0 saturated heterocycles. The van der Waals surface area contributed by atoms with Gasteiger partial charge in [0.25, 0.3) is 10.0 Å². The predicted octanol–water partition coefficient (Wildman–Crippen LogP) is 2.96. The molecule has 2 heterocycles. The van der Waals surface area contributed by atoms with Crippen LogP contribution in [0.3, 0.4) is 0 Å². The van der Waals surface area contributed by atoms with Crippen LogP contribution in [-0.2, 0) is 27.9 Å². The van der Waals surface area contributed by atoms with Crippen molar-refractivity contribution in [3.05, 3.63) is 64.9 Å². The van der Waals surface area contributed by atoms with Gasteiger partial charge in [-0.1, -0.05) is 30.3 Å². The molecule has 0 unspecified atom stereocenters. The van der Waals surface area contributed by atoms with E-state index in [4.69, 9.17) is 9.15 Å². The first-order valence-corrected chi connectivity index (χ1v) is 10.6. The molecule has 0 saturated carbocycles. The van der Waals surface area contributed by atoms with Crippen LogP contribution < -0.4 is 5.32 Å². The molecule has 0 aliphatic rings. The average Bonchev–Trinajstić information content (AvgIpc) is 3.35. The van der Waals surface area contributed by atoms with Crippen LogP contribution in [0.1, 0.15) is 21.8 Å². The summed E-state index contributed by atoms with van der Waals surface area (Å²) in [6.45, 7) is 0.407. The van der Waals surface area contributed by atoms with Crippen LogP contribution >= 0.6 is 11.3 Å². The van der Waals surface area contributed by atoms with Gasteiger partial charge in [0.05, 0.1) is 0 Å². The van der Waals surface area contributed by atoms with Crippen LogP contribution in [-0.4, -0.2) is 37.8 Å². The van der Waals surface area contributed by atoms with Crippen LogP contribution in [0.15, 0.2) is 57.4 Å². The van der Waals surface area contributed by atoms with E-state index >= 15 is 0 Å². The van der Waals surface area contributed by atoms with Gasteiger partial charge in [-0.05, 0) is 17.7 Å². The van der Waals surface area contributed by atoms with Gasteiger partial charge in [0.1, 0.15) is 12.4 Å². The molecule has 148 valence electrons. The first kappa shape index (κ1) is 20.1. The number of carbonyl (C=O) groups excluding carboxylic acids is 1. The number of esters is 1. The zero-order chi connectivity index (χ0) is 20.1. The highest BCUT2D eigenvalue weighted by Crippen LogP contribution is 2.20. The van der Waals surface area contributed by atoms with Crippen molar-refractivity contribution in [2.75, 3.05) is 19.4 Å². The van der Waals surface area contributed by atoms with Crippen molar-refractivity contribution in [3.8, 4) is 0 Å². The number of nitrogens with one attached hydrogen (secondary N) is 1. The molecule has 10 heteroatoms. The van der Waals surface area contributed by atoms with Gasteiger partial charge in [-0.15, -0.1) is 11.3 Å². The molecule has 0 bridgehead atoms. The molecule has 0 atom stereocenters. The molecular weight excluding hydrogens is 402 g/mol. The number of sulfonamides is 1. The zero-order valence-corrected chi connectivity index (χ0v) is 16.9. The standard InChI is InChI=1S/C18H19N3O5S2/c1-21(2)28(23,24)16-9-8-14(26-16)11-25-17(22)15-12-27-18(20-15)19-10-13-6-4-3-5-7-13/h3-9,12H,10-11H2,1-2H3,(H,19,20). The summed E-state index contributed by atoms with van der Waals surface area (Å²) in [5.41, 5.74) is 1.27. The number of thiazole rings is 1. The summed E-state index contributed by atoms with van der Waals surface area (Å²) in [4.78, 5) is 16.3. The van der Waals surface area contributed by atoms with Crippen LogP contribution in [0.2, 0.25) is 0 Å². The lowest BCUT2D eigenvalue weighted by Gasteiger charge is -2.07. The van der Waals surface area contributed by atoms with Gasteiger partial charge in [-0.3, -0.25) is 0 Å². The molecule has 3 aromatic rings. The second kappa shape index (κ2) is 8.55. The van der Waals surface area contributed by atoms with E-state index in [0.29, 0.717) is 11.7 Å². The van der Waals surface area contributed by atoms with Crippen molar-refractivity contribution in [3.63, 3.8) is 0 Å². The molecule has 3 rings (SSSR count). The van der Waals surface area contributed by atoms with Crippen molar-refractivity contribution >= 4 is 32.5 Å². The third kappa shape index (κ3) is 4.77. The number of hydrogen-bond donors (Lipinski definition) is 1. The van der Waals surface area contributed by atoms with Gasteiger partial charge >= 0.3 is 5.97 Å². The Hall–Kier alpha value is -2.69. The maximum atomic E-state index is 12.1. The molecule has 0 aliphatic carbocycles. The minimum Gasteiger partial charge on any atom is -0.453 e. The van der Waals surface area contributed by atoms with E-state index in [0.717, 1.165) is 9.87 Å². The predicted molar refractivity (Wildman–Crippen MR) is 105 cm³/mol. The van der Waals surface area contributed by atoms with E-state index in [1.807, 2.05) is 30.3 Å². The zero-order valence-electron chi connectivity index (χ0n) is 15.3. The molecule has 0 spiro atoms. The van der Waals surface area contributed by atoms with Crippen molar-refractivity contribution in [1.82, 2.24) is 9.29 Å². The van der Waals surface area contributed by atoms with Crippen LogP contribution in [0, 0.1) is 0 Å². The van der Waals surface area contributed by atoms with Crippen LogP contribution in [0.4, 0.5) is 5.13 Å². The normalized spacial score (nSPS) is 11.5. The van der Waals surface area contributed by atoms with Gasteiger partial charge in [0.2, 0.25) is 5.09 Å². The number of benzene rings is 1. The van der Waals surface area contributed by atoms with Gasteiger partial charge < -0.3 is 14.5 Å². The number of furan rings is 1. The maximum Gasteiger partial charge on any atom is 0.358 e. The highest BCUT2D eigenvalue weighted by atomic mass is 32.2. The first-order valence-electron chi connectivity index (χ1n) is 8.28. The van der Waals surface area contributed by atoms with Gasteiger partial charge in [-0.25, -0.2) is 22.5 Å². The lowest BCUT2D eigenvalue weighted by atomic mass is 10.2. The number of carbonyl (C=O) groups is 1. The Morgan fingerprint density at radius 1 is 1.21 bits per heavy atom. The number of nitrogens with zero attached hydrogens (tertiary/aromatic N) is 2. The molecule has 0 amide bonds. The number of anilines is 1. The smallest absolute Gasteiger partial charge is 0.358 e. The lowest BCUT2D eigenvalue weighted by molar-refractivity contribution is 0.0434. The average molecular weight is 422 g/mol. The molecule has 0 aliphatic heterocycles. The molecule has 1 N–H and O–H groups in total. The van der Waals surface area contributed by atoms with E-state index in [1.54, 1.807) is 5.38 Å². The fraction of sp³-hybridized carbons (Fsp3) is 0.222. The van der Waals surface area contributed by atoms with Gasteiger partial charge in [0, 0.05) is 26.0 Å². The Kier molecular flexibility index (Phi) is 6.12. The van der Waals surface area contributed by atoms with E-state index in [2.05, 4.69) is 10.3 Å². The first-order chi connectivity index (χ1) is 13.4. The van der Waals surface area contributed by atoms with E-state index in [9.17, 15) is 13.2 Å². The summed E-state index contributed by atoms with van der Waals surface area (Å²) >= 11 is 1.30. The monoisotopic (exact) mass is 421 g/mol. The Morgan fingerprint density at radius 3 is 2.68 bits per heavy atom. The molecule has 8 nitrogen and oxygen atoms in total. The number of ether oxygens (including phenoxy) is 1. The van der Waals surface area contributed by atoms with Crippen molar-refractivity contribution < 1.29 is 22.4 Å². The van der Waals surface area contributed by atoms with Crippen molar-refractivity contribution in [2.45, 2.75) is 18.2 Å². The second-order valence-electron chi connectivity index (χ2n) is 5.96. The van der Waals surface area contributed by atoms with Gasteiger partial charge in [0.15, 0.2) is 10.8 Å². The molecule has 28 heavy (non-hydrogen) atoms. The SMILES string of the molecule is CN(C)S(=O)(=O)c1ccc(COC(=O)c2csc(NCc3ccccc3)n2)o1. The van der Waals surface area contributed by atoms with Crippen LogP contribution in [0.25, 0.3) is 0 Å². The lowest BCUT2D eigenvalue weighted by Crippen LogP contribution is -2.21. The second-order valence-corrected chi connectivity index (χ2v) is 8.90. The number of aromatic nitrogens is 1. The quantitative estimate of drug-likeness (QED) is 0.558. The molecule has 0 radical (unpaired) electrons. The topological polar surface area (TPSA) is 102 Å². The molecule has 1 aromatic carbocycles. The summed E-state index contributed by atoms with van der Waals surface area (Å²) in [6, 6.07) is 12.6. The van der Waals surface area contributed by atoms with Gasteiger partial charge in [-0.2, -0.15) is 0 Å². The third-order valence-electron chi connectivity index (χ3n) is 3.72. The Labute approximate surface area is 166 Å². The van der Waals surface area contributed by atoms with Crippen molar-refractivity contribution in [2.24, 2.45) is 0 Å². The number of rotatable bonds is 8. The summed E-state index contributed by atoms with van der Waals surface area (Å²) in [5.74, 6) is -0.385. The highest BCUT2D eigenvalue weighted by Gasteiger charge is 2.22. The molecule has 2 aromatic heterocycles.